The first kappa shape index (κ1) is 13.0. The smallest absolute Gasteiger partial charge is 0.00722 e. The van der Waals surface area contributed by atoms with Crippen LogP contribution < -0.4 is 5.32 Å². The molecule has 1 rings (SSSR count). The van der Waals surface area contributed by atoms with E-state index in [0.29, 0.717) is 5.41 Å². The molecule has 0 heterocycles. The molecule has 0 aromatic rings. The van der Waals surface area contributed by atoms with Crippen LogP contribution in [0.5, 0.6) is 0 Å². The third kappa shape index (κ3) is 5.01. The molecule has 1 nitrogen and oxygen atoms in total. The summed E-state index contributed by atoms with van der Waals surface area (Å²) in [5.74, 6) is 0.847. The highest BCUT2D eigenvalue weighted by molar-refractivity contribution is 4.83. The van der Waals surface area contributed by atoms with Crippen molar-refractivity contribution in [2.75, 3.05) is 6.54 Å². The first-order valence-corrected chi connectivity index (χ1v) is 6.77. The molecular weight excluding hydrogens is 182 g/mol. The van der Waals surface area contributed by atoms with Crippen molar-refractivity contribution >= 4 is 0 Å². The summed E-state index contributed by atoms with van der Waals surface area (Å²) in [6.07, 6.45) is 8.26. The molecule has 90 valence electrons. The molecule has 1 fully saturated rings. The lowest BCUT2D eigenvalue weighted by Crippen LogP contribution is -2.39. The minimum atomic E-state index is 0.573. The van der Waals surface area contributed by atoms with Gasteiger partial charge in [0.15, 0.2) is 0 Å². The molecule has 0 radical (unpaired) electrons. The summed E-state index contributed by atoms with van der Waals surface area (Å²) in [6.45, 7) is 10.7. The monoisotopic (exact) mass is 211 g/mol. The standard InChI is InChI=1S/C14H29N/c1-5-7-12(2)11-15-13-8-6-9-14(3,4)10-13/h12-13,15H,5-11H2,1-4H3. The fraction of sp³-hybridized carbons (Fsp3) is 1.00. The highest BCUT2D eigenvalue weighted by Crippen LogP contribution is 2.35. The minimum Gasteiger partial charge on any atom is -0.314 e. The van der Waals surface area contributed by atoms with Gasteiger partial charge in [-0.3, -0.25) is 0 Å². The Labute approximate surface area is 96.0 Å². The molecule has 1 N–H and O–H groups in total. The largest absolute Gasteiger partial charge is 0.314 e. The van der Waals surface area contributed by atoms with Crippen molar-refractivity contribution in [1.29, 1.82) is 0 Å². The molecule has 0 aromatic carbocycles. The van der Waals surface area contributed by atoms with Gasteiger partial charge in [0.2, 0.25) is 0 Å². The van der Waals surface area contributed by atoms with E-state index in [0.717, 1.165) is 12.0 Å². The van der Waals surface area contributed by atoms with Crippen LogP contribution in [0.2, 0.25) is 0 Å². The van der Waals surface area contributed by atoms with Gasteiger partial charge >= 0.3 is 0 Å². The lowest BCUT2D eigenvalue weighted by Gasteiger charge is -2.36. The van der Waals surface area contributed by atoms with Crippen LogP contribution in [-0.4, -0.2) is 12.6 Å². The van der Waals surface area contributed by atoms with Crippen LogP contribution in [-0.2, 0) is 0 Å². The van der Waals surface area contributed by atoms with Gasteiger partial charge in [-0.15, -0.1) is 0 Å². The summed E-state index contributed by atoms with van der Waals surface area (Å²) >= 11 is 0. The summed E-state index contributed by atoms with van der Waals surface area (Å²) in [5.41, 5.74) is 0.573. The summed E-state index contributed by atoms with van der Waals surface area (Å²) in [6, 6.07) is 0.785. The van der Waals surface area contributed by atoms with Gasteiger partial charge in [-0.1, -0.05) is 40.5 Å². The second-order valence-corrected chi connectivity index (χ2v) is 6.26. The average Bonchev–Trinajstić information content (AvgIpc) is 2.14. The molecule has 0 amide bonds. The first-order valence-electron chi connectivity index (χ1n) is 6.77. The zero-order valence-corrected chi connectivity index (χ0v) is 11.1. The molecule has 1 aliphatic carbocycles. The fourth-order valence-electron chi connectivity index (χ4n) is 2.84. The molecule has 0 aromatic heterocycles. The molecule has 0 bridgehead atoms. The Kier molecular flexibility index (Phi) is 5.11. The second-order valence-electron chi connectivity index (χ2n) is 6.26. The molecule has 1 heteroatoms. The van der Waals surface area contributed by atoms with Crippen molar-refractivity contribution in [3.63, 3.8) is 0 Å². The van der Waals surface area contributed by atoms with Gasteiger partial charge in [0.1, 0.15) is 0 Å². The quantitative estimate of drug-likeness (QED) is 0.725. The van der Waals surface area contributed by atoms with Crippen LogP contribution in [0.25, 0.3) is 0 Å². The van der Waals surface area contributed by atoms with Crippen molar-refractivity contribution in [1.82, 2.24) is 5.32 Å². The molecule has 15 heavy (non-hydrogen) atoms. The summed E-state index contributed by atoms with van der Waals surface area (Å²) < 4.78 is 0. The molecule has 2 atom stereocenters. The van der Waals surface area contributed by atoms with Crippen LogP contribution in [0, 0.1) is 11.3 Å². The van der Waals surface area contributed by atoms with E-state index >= 15 is 0 Å². The molecule has 0 aliphatic heterocycles. The van der Waals surface area contributed by atoms with Gasteiger partial charge in [-0.05, 0) is 43.6 Å². The topological polar surface area (TPSA) is 12.0 Å². The normalized spacial score (nSPS) is 27.6. The summed E-state index contributed by atoms with van der Waals surface area (Å²) in [7, 11) is 0. The summed E-state index contributed by atoms with van der Waals surface area (Å²) in [5, 5.41) is 3.76. The predicted molar refractivity (Wildman–Crippen MR) is 68.1 cm³/mol. The van der Waals surface area contributed by atoms with E-state index in [4.69, 9.17) is 0 Å². The van der Waals surface area contributed by atoms with Gasteiger partial charge in [0.05, 0.1) is 0 Å². The van der Waals surface area contributed by atoms with Gasteiger partial charge in [-0.2, -0.15) is 0 Å². The van der Waals surface area contributed by atoms with E-state index in [1.807, 2.05) is 0 Å². The molecule has 0 spiro atoms. The van der Waals surface area contributed by atoms with Crippen LogP contribution in [0.15, 0.2) is 0 Å². The van der Waals surface area contributed by atoms with Crippen molar-refractivity contribution in [2.45, 2.75) is 72.3 Å². The van der Waals surface area contributed by atoms with E-state index in [1.54, 1.807) is 0 Å². The third-order valence-electron chi connectivity index (χ3n) is 3.74. The maximum absolute atomic E-state index is 3.76. The van der Waals surface area contributed by atoms with E-state index in [2.05, 4.69) is 33.0 Å². The van der Waals surface area contributed by atoms with E-state index in [1.165, 1.54) is 45.1 Å². The molecule has 0 saturated heterocycles. The lowest BCUT2D eigenvalue weighted by atomic mass is 9.75. The SMILES string of the molecule is CCCC(C)CNC1CCCC(C)(C)C1. The van der Waals surface area contributed by atoms with E-state index < -0.39 is 0 Å². The zero-order valence-electron chi connectivity index (χ0n) is 11.1. The zero-order chi connectivity index (χ0) is 11.3. The minimum absolute atomic E-state index is 0.573. The van der Waals surface area contributed by atoms with Gasteiger partial charge < -0.3 is 5.32 Å². The number of hydrogen-bond acceptors (Lipinski definition) is 1. The molecule has 1 aliphatic rings. The van der Waals surface area contributed by atoms with Gasteiger partial charge in [-0.25, -0.2) is 0 Å². The maximum atomic E-state index is 3.76. The van der Waals surface area contributed by atoms with Gasteiger partial charge in [0, 0.05) is 6.04 Å². The average molecular weight is 211 g/mol. The lowest BCUT2D eigenvalue weighted by molar-refractivity contribution is 0.194. The van der Waals surface area contributed by atoms with Crippen molar-refractivity contribution < 1.29 is 0 Å². The highest BCUT2D eigenvalue weighted by atomic mass is 14.9. The van der Waals surface area contributed by atoms with Crippen LogP contribution in [0.3, 0.4) is 0 Å². The van der Waals surface area contributed by atoms with Crippen molar-refractivity contribution in [2.24, 2.45) is 11.3 Å². The second kappa shape index (κ2) is 5.89. The maximum Gasteiger partial charge on any atom is 0.00722 e. The van der Waals surface area contributed by atoms with E-state index in [9.17, 15) is 0 Å². The Bertz CT molecular complexity index is 174. The van der Waals surface area contributed by atoms with Crippen molar-refractivity contribution in [3.8, 4) is 0 Å². The third-order valence-corrected chi connectivity index (χ3v) is 3.74. The molecular formula is C14H29N. The van der Waals surface area contributed by atoms with Crippen molar-refractivity contribution in [3.05, 3.63) is 0 Å². The van der Waals surface area contributed by atoms with Crippen LogP contribution >= 0.6 is 0 Å². The number of nitrogens with one attached hydrogen (secondary N) is 1. The Morgan fingerprint density at radius 3 is 2.73 bits per heavy atom. The molecule has 1 saturated carbocycles. The highest BCUT2D eigenvalue weighted by Gasteiger charge is 2.27. The number of rotatable bonds is 5. The van der Waals surface area contributed by atoms with E-state index in [-0.39, 0.29) is 0 Å². The van der Waals surface area contributed by atoms with Gasteiger partial charge in [0.25, 0.3) is 0 Å². The van der Waals surface area contributed by atoms with Crippen LogP contribution in [0.4, 0.5) is 0 Å². The first-order chi connectivity index (χ1) is 7.03. The summed E-state index contributed by atoms with van der Waals surface area (Å²) in [4.78, 5) is 0. The Hall–Kier alpha value is -0.0400. The Balaban J connectivity index is 2.21. The fourth-order valence-corrected chi connectivity index (χ4v) is 2.84. The molecule has 2 unspecified atom stereocenters. The number of hydrogen-bond donors (Lipinski definition) is 1. The predicted octanol–water partition coefficient (Wildman–Crippen LogP) is 3.98. The van der Waals surface area contributed by atoms with Crippen LogP contribution in [0.1, 0.15) is 66.2 Å². The Morgan fingerprint density at radius 2 is 2.13 bits per heavy atom. The Morgan fingerprint density at radius 1 is 1.40 bits per heavy atom.